The van der Waals surface area contributed by atoms with Crippen LogP contribution in [0.3, 0.4) is 0 Å². The predicted octanol–water partition coefficient (Wildman–Crippen LogP) is 2.37. The lowest BCUT2D eigenvalue weighted by Crippen LogP contribution is -2.39. The highest BCUT2D eigenvalue weighted by Crippen LogP contribution is 2.33. The second-order valence-electron chi connectivity index (χ2n) is 7.04. The van der Waals surface area contributed by atoms with Crippen LogP contribution in [0.2, 0.25) is 0 Å². The largest absolute Gasteiger partial charge is 0.381 e. The van der Waals surface area contributed by atoms with Gasteiger partial charge in [0.2, 0.25) is 0 Å². The van der Waals surface area contributed by atoms with Gasteiger partial charge in [0, 0.05) is 43.9 Å². The van der Waals surface area contributed by atoms with Gasteiger partial charge in [0.1, 0.15) is 11.3 Å². The molecule has 4 rings (SSSR count). The van der Waals surface area contributed by atoms with Crippen molar-refractivity contribution in [1.82, 2.24) is 19.8 Å². The van der Waals surface area contributed by atoms with Crippen molar-refractivity contribution in [2.75, 3.05) is 19.8 Å². The minimum Gasteiger partial charge on any atom is -0.381 e. The van der Waals surface area contributed by atoms with Crippen LogP contribution in [0, 0.1) is 12.8 Å². The third-order valence-electron chi connectivity index (χ3n) is 4.99. The number of carbonyl (C=O) groups is 1. The Hall–Kier alpha value is -2.15. The molecule has 7 nitrogen and oxygen atoms in total. The molecule has 0 aromatic carbocycles. The van der Waals surface area contributed by atoms with E-state index in [0.717, 1.165) is 23.7 Å². The summed E-state index contributed by atoms with van der Waals surface area (Å²) in [6, 6.07) is 0. The van der Waals surface area contributed by atoms with Gasteiger partial charge in [0.25, 0.3) is 5.91 Å². The van der Waals surface area contributed by atoms with Crippen molar-refractivity contribution >= 4 is 5.91 Å². The summed E-state index contributed by atoms with van der Waals surface area (Å²) in [7, 11) is 0. The molecule has 1 unspecified atom stereocenters. The lowest BCUT2D eigenvalue weighted by Gasteiger charge is -2.31. The molecule has 7 heteroatoms. The molecule has 0 radical (unpaired) electrons. The highest BCUT2D eigenvalue weighted by atomic mass is 16.5. The fraction of sp³-hybridized carbons (Fsp3) is 0.611. The summed E-state index contributed by atoms with van der Waals surface area (Å²) in [6.45, 7) is 7.15. The third kappa shape index (κ3) is 3.33. The minimum atomic E-state index is -0.0409. The number of aromatic nitrogens is 3. The van der Waals surface area contributed by atoms with E-state index in [0.29, 0.717) is 37.6 Å². The molecule has 2 aliphatic rings. The van der Waals surface area contributed by atoms with Crippen molar-refractivity contribution in [3.63, 3.8) is 0 Å². The van der Waals surface area contributed by atoms with Gasteiger partial charge in [-0.15, -0.1) is 0 Å². The fourth-order valence-corrected chi connectivity index (χ4v) is 3.45. The Morgan fingerprint density at radius 2 is 2.28 bits per heavy atom. The number of ether oxygens (including phenoxy) is 1. The second-order valence-corrected chi connectivity index (χ2v) is 7.04. The van der Waals surface area contributed by atoms with Crippen molar-refractivity contribution in [1.29, 1.82) is 0 Å². The first-order valence-electron chi connectivity index (χ1n) is 9.00. The zero-order valence-corrected chi connectivity index (χ0v) is 14.8. The summed E-state index contributed by atoms with van der Waals surface area (Å²) in [4.78, 5) is 14.7. The van der Waals surface area contributed by atoms with Gasteiger partial charge in [0.05, 0.1) is 18.5 Å². The zero-order valence-electron chi connectivity index (χ0n) is 14.8. The van der Waals surface area contributed by atoms with E-state index in [1.165, 1.54) is 19.0 Å². The van der Waals surface area contributed by atoms with Gasteiger partial charge in [-0.3, -0.25) is 9.48 Å². The van der Waals surface area contributed by atoms with Crippen LogP contribution in [-0.4, -0.2) is 45.5 Å². The average Bonchev–Trinajstić information content (AvgIpc) is 3.15. The number of carbonyl (C=O) groups excluding carboxylic acids is 1. The maximum absolute atomic E-state index is 12.9. The number of rotatable bonds is 6. The van der Waals surface area contributed by atoms with Crippen LogP contribution in [-0.2, 0) is 17.8 Å². The fourth-order valence-electron chi connectivity index (χ4n) is 3.45. The van der Waals surface area contributed by atoms with E-state index < -0.39 is 0 Å². The molecule has 25 heavy (non-hydrogen) atoms. The van der Waals surface area contributed by atoms with E-state index in [2.05, 4.69) is 16.0 Å². The quantitative estimate of drug-likeness (QED) is 0.804. The molecule has 2 aromatic heterocycles. The van der Waals surface area contributed by atoms with E-state index in [-0.39, 0.29) is 11.8 Å². The second kappa shape index (κ2) is 6.63. The lowest BCUT2D eigenvalue weighted by molar-refractivity contribution is 0.0650. The first kappa shape index (κ1) is 16.3. The van der Waals surface area contributed by atoms with Gasteiger partial charge in [-0.1, -0.05) is 5.16 Å². The van der Waals surface area contributed by atoms with Gasteiger partial charge in [-0.2, -0.15) is 5.10 Å². The Labute approximate surface area is 146 Å². The number of hydrogen-bond donors (Lipinski definition) is 0. The molecule has 0 spiro atoms. The van der Waals surface area contributed by atoms with Crippen LogP contribution >= 0.6 is 0 Å². The number of hydrogen-bond acceptors (Lipinski definition) is 5. The molecule has 1 fully saturated rings. The minimum absolute atomic E-state index is 0.0409. The number of nitrogens with zero attached hydrogens (tertiary/aromatic N) is 4. The van der Waals surface area contributed by atoms with Crippen LogP contribution in [0.25, 0.3) is 0 Å². The van der Waals surface area contributed by atoms with Gasteiger partial charge < -0.3 is 14.2 Å². The van der Waals surface area contributed by atoms with E-state index in [1.807, 2.05) is 11.8 Å². The zero-order chi connectivity index (χ0) is 17.4. The van der Waals surface area contributed by atoms with Gasteiger partial charge in [0.15, 0.2) is 0 Å². The Morgan fingerprint density at radius 1 is 1.44 bits per heavy atom. The van der Waals surface area contributed by atoms with Gasteiger partial charge in [-0.25, -0.2) is 0 Å². The summed E-state index contributed by atoms with van der Waals surface area (Å²) < 4.78 is 12.8. The Balaban J connectivity index is 1.58. The molecule has 1 aliphatic carbocycles. The molecular formula is C18H24N4O3. The highest BCUT2D eigenvalue weighted by Gasteiger charge is 2.33. The van der Waals surface area contributed by atoms with Crippen LogP contribution in [0.5, 0.6) is 0 Å². The molecular weight excluding hydrogens is 320 g/mol. The number of aryl methyl sites for hydroxylation is 1. The standard InChI is InChI=1S/C18H24N4O3/c1-3-24-11-15-9-21(18(23)16-6-19-25-12(16)2)8-14-10-22(20-17(14)15)7-13-4-5-13/h6,10,13,15H,3-5,7-9,11H2,1-2H3. The highest BCUT2D eigenvalue weighted by molar-refractivity contribution is 5.94. The third-order valence-corrected chi connectivity index (χ3v) is 4.99. The van der Waals surface area contributed by atoms with Crippen molar-refractivity contribution in [3.05, 3.63) is 35.0 Å². The Bertz CT molecular complexity index is 762. The van der Waals surface area contributed by atoms with E-state index in [4.69, 9.17) is 14.4 Å². The topological polar surface area (TPSA) is 73.4 Å². The van der Waals surface area contributed by atoms with Crippen molar-refractivity contribution in [3.8, 4) is 0 Å². The van der Waals surface area contributed by atoms with E-state index in [9.17, 15) is 4.79 Å². The number of amides is 1. The van der Waals surface area contributed by atoms with Crippen LogP contribution in [0.1, 0.15) is 53.1 Å². The molecule has 0 N–H and O–H groups in total. The van der Waals surface area contributed by atoms with Crippen molar-refractivity contribution in [2.24, 2.45) is 5.92 Å². The summed E-state index contributed by atoms with van der Waals surface area (Å²) in [5.74, 6) is 1.39. The smallest absolute Gasteiger partial charge is 0.259 e. The molecule has 0 saturated heterocycles. The lowest BCUT2D eigenvalue weighted by atomic mass is 9.96. The molecule has 1 aliphatic heterocycles. The monoisotopic (exact) mass is 344 g/mol. The maximum Gasteiger partial charge on any atom is 0.259 e. The van der Waals surface area contributed by atoms with Crippen LogP contribution in [0.4, 0.5) is 0 Å². The van der Waals surface area contributed by atoms with Gasteiger partial charge >= 0.3 is 0 Å². The van der Waals surface area contributed by atoms with Gasteiger partial charge in [-0.05, 0) is 32.6 Å². The first-order valence-corrected chi connectivity index (χ1v) is 9.00. The predicted molar refractivity (Wildman–Crippen MR) is 90.2 cm³/mol. The summed E-state index contributed by atoms with van der Waals surface area (Å²) in [5, 5.41) is 8.54. The van der Waals surface area contributed by atoms with E-state index >= 15 is 0 Å². The normalized spacial score (nSPS) is 19.9. The van der Waals surface area contributed by atoms with Crippen molar-refractivity contribution < 1.29 is 14.1 Å². The molecule has 134 valence electrons. The molecule has 3 heterocycles. The Morgan fingerprint density at radius 3 is 2.96 bits per heavy atom. The molecule has 1 amide bonds. The van der Waals surface area contributed by atoms with E-state index in [1.54, 1.807) is 6.92 Å². The molecule has 1 atom stereocenters. The van der Waals surface area contributed by atoms with Crippen molar-refractivity contribution in [2.45, 2.75) is 45.7 Å². The average molecular weight is 344 g/mol. The maximum atomic E-state index is 12.9. The summed E-state index contributed by atoms with van der Waals surface area (Å²) in [6.07, 6.45) is 6.20. The SMILES string of the molecule is CCOCC1CN(C(=O)c2cnoc2C)Cc2cn(CC3CC3)nc21. The Kier molecular flexibility index (Phi) is 4.33. The first-order chi connectivity index (χ1) is 12.2. The van der Waals surface area contributed by atoms with Crippen LogP contribution < -0.4 is 0 Å². The number of fused-ring (bicyclic) bond motifs is 1. The molecule has 1 saturated carbocycles. The summed E-state index contributed by atoms with van der Waals surface area (Å²) >= 11 is 0. The van der Waals surface area contributed by atoms with Crippen LogP contribution in [0.15, 0.2) is 16.9 Å². The molecule has 2 aromatic rings. The molecule has 0 bridgehead atoms. The summed E-state index contributed by atoms with van der Waals surface area (Å²) in [5.41, 5.74) is 2.74.